The molecule has 0 unspecified atom stereocenters. The zero-order valence-electron chi connectivity index (χ0n) is 18.5. The Morgan fingerprint density at radius 3 is 2.94 bits per heavy atom. The first-order valence-electron chi connectivity index (χ1n) is 10.9. The molecule has 3 heterocycles. The Bertz CT molecular complexity index is 1130. The van der Waals surface area contributed by atoms with E-state index < -0.39 is 0 Å². The van der Waals surface area contributed by atoms with Crippen molar-refractivity contribution < 1.29 is 18.7 Å². The number of allylic oxidation sites excluding steroid dienone is 1. The van der Waals surface area contributed by atoms with E-state index in [1.165, 1.54) is 28.0 Å². The largest absolute Gasteiger partial charge is 0.462 e. The molecule has 174 valence electrons. The molecule has 0 radical (unpaired) electrons. The molecule has 0 saturated carbocycles. The summed E-state index contributed by atoms with van der Waals surface area (Å²) in [5.74, 6) is 0.718. The number of hydrogen-bond donors (Lipinski definition) is 1. The summed E-state index contributed by atoms with van der Waals surface area (Å²) in [4.78, 5) is 26.7. The summed E-state index contributed by atoms with van der Waals surface area (Å²) in [6, 6.07) is 3.59. The van der Waals surface area contributed by atoms with Crippen LogP contribution in [0.15, 0.2) is 40.6 Å². The fourth-order valence-electron chi connectivity index (χ4n) is 3.82. The SMILES string of the molecule is C=CCn1c(SCC(=O)Nc2sc3c(c2C(=O)OCC)CCCCC3)nnc1-c1ccco1. The van der Waals surface area contributed by atoms with Gasteiger partial charge in [-0.05, 0) is 50.3 Å². The van der Waals surface area contributed by atoms with E-state index in [0.717, 1.165) is 37.7 Å². The number of aryl methyl sites for hydroxylation is 1. The molecule has 1 aliphatic rings. The van der Waals surface area contributed by atoms with Crippen LogP contribution < -0.4 is 5.32 Å². The van der Waals surface area contributed by atoms with E-state index in [-0.39, 0.29) is 17.6 Å². The van der Waals surface area contributed by atoms with E-state index in [9.17, 15) is 9.59 Å². The van der Waals surface area contributed by atoms with Gasteiger partial charge in [0.1, 0.15) is 5.00 Å². The average Bonchev–Trinajstić information content (AvgIpc) is 3.49. The number of nitrogens with one attached hydrogen (secondary N) is 1. The molecule has 1 amide bonds. The number of thioether (sulfide) groups is 1. The zero-order chi connectivity index (χ0) is 23.2. The van der Waals surface area contributed by atoms with Crippen LogP contribution in [-0.2, 0) is 28.9 Å². The molecule has 8 nitrogen and oxygen atoms in total. The first-order valence-corrected chi connectivity index (χ1v) is 12.7. The number of rotatable bonds is 9. The molecule has 1 aliphatic carbocycles. The van der Waals surface area contributed by atoms with Crippen LogP contribution >= 0.6 is 23.1 Å². The summed E-state index contributed by atoms with van der Waals surface area (Å²) >= 11 is 2.76. The first kappa shape index (κ1) is 23.3. The summed E-state index contributed by atoms with van der Waals surface area (Å²) in [5.41, 5.74) is 1.56. The summed E-state index contributed by atoms with van der Waals surface area (Å²) in [6.07, 6.45) is 8.36. The molecule has 0 fully saturated rings. The lowest BCUT2D eigenvalue weighted by molar-refractivity contribution is -0.113. The number of carbonyl (C=O) groups is 2. The number of hydrogen-bond acceptors (Lipinski definition) is 8. The first-order chi connectivity index (χ1) is 16.1. The summed E-state index contributed by atoms with van der Waals surface area (Å²) in [6.45, 7) is 6.36. The number of fused-ring (bicyclic) bond motifs is 1. The van der Waals surface area contributed by atoms with E-state index in [1.807, 2.05) is 10.6 Å². The molecule has 3 aromatic rings. The highest BCUT2D eigenvalue weighted by Gasteiger charge is 2.27. The van der Waals surface area contributed by atoms with Crippen molar-refractivity contribution in [3.05, 3.63) is 47.1 Å². The number of thiophene rings is 1. The monoisotopic (exact) mass is 486 g/mol. The summed E-state index contributed by atoms with van der Waals surface area (Å²) in [7, 11) is 0. The normalized spacial score (nSPS) is 13.2. The number of anilines is 1. The van der Waals surface area contributed by atoms with Gasteiger partial charge in [0.15, 0.2) is 10.9 Å². The maximum atomic E-state index is 12.8. The van der Waals surface area contributed by atoms with Gasteiger partial charge in [0, 0.05) is 11.4 Å². The quantitative estimate of drug-likeness (QED) is 0.197. The molecule has 3 aromatic heterocycles. The Hall–Kier alpha value is -2.85. The number of nitrogens with zero attached hydrogens (tertiary/aromatic N) is 3. The Morgan fingerprint density at radius 2 is 2.18 bits per heavy atom. The Balaban J connectivity index is 1.50. The lowest BCUT2D eigenvalue weighted by atomic mass is 10.1. The van der Waals surface area contributed by atoms with Gasteiger partial charge in [0.2, 0.25) is 11.7 Å². The summed E-state index contributed by atoms with van der Waals surface area (Å²) < 4.78 is 12.6. The van der Waals surface area contributed by atoms with Crippen LogP contribution in [0.5, 0.6) is 0 Å². The Labute approximate surface area is 200 Å². The van der Waals surface area contributed by atoms with Gasteiger partial charge in [-0.2, -0.15) is 0 Å². The van der Waals surface area contributed by atoms with Gasteiger partial charge in [-0.1, -0.05) is 24.3 Å². The maximum Gasteiger partial charge on any atom is 0.341 e. The van der Waals surface area contributed by atoms with Crippen molar-refractivity contribution in [2.45, 2.75) is 50.7 Å². The number of furan rings is 1. The van der Waals surface area contributed by atoms with Crippen LogP contribution in [0, 0.1) is 0 Å². The molecule has 1 N–H and O–H groups in total. The van der Waals surface area contributed by atoms with Gasteiger partial charge in [0.25, 0.3) is 0 Å². The molecule has 0 aromatic carbocycles. The fourth-order valence-corrected chi connectivity index (χ4v) is 5.86. The Morgan fingerprint density at radius 1 is 1.33 bits per heavy atom. The van der Waals surface area contributed by atoms with Gasteiger partial charge in [-0.3, -0.25) is 9.36 Å². The van der Waals surface area contributed by atoms with E-state index in [2.05, 4.69) is 22.1 Å². The molecule has 0 spiro atoms. The highest BCUT2D eigenvalue weighted by Crippen LogP contribution is 2.38. The standard InChI is InChI=1S/C23H26N4O4S2/c1-3-12-27-20(16-10-8-13-31-16)25-26-23(27)32-14-18(28)24-21-19(22(29)30-4-2)15-9-6-5-7-11-17(15)33-21/h3,8,10,13H,1,4-7,9,11-12,14H2,2H3,(H,24,28). The van der Waals surface area contributed by atoms with Crippen molar-refractivity contribution in [3.8, 4) is 11.6 Å². The second-order valence-corrected chi connectivity index (χ2v) is 9.56. The van der Waals surface area contributed by atoms with Gasteiger partial charge < -0.3 is 14.5 Å². The second-order valence-electron chi connectivity index (χ2n) is 7.51. The summed E-state index contributed by atoms with van der Waals surface area (Å²) in [5, 5.41) is 12.5. The molecule has 0 atom stereocenters. The van der Waals surface area contributed by atoms with E-state index in [1.54, 1.807) is 25.3 Å². The van der Waals surface area contributed by atoms with Crippen LogP contribution in [0.4, 0.5) is 5.00 Å². The molecule has 0 saturated heterocycles. The predicted molar refractivity (Wildman–Crippen MR) is 129 cm³/mol. The lowest BCUT2D eigenvalue weighted by Gasteiger charge is -2.09. The zero-order valence-corrected chi connectivity index (χ0v) is 20.1. The molecule has 0 aliphatic heterocycles. The van der Waals surface area contributed by atoms with E-state index in [4.69, 9.17) is 9.15 Å². The molecule has 4 rings (SSSR count). The third-order valence-corrected chi connectivity index (χ3v) is 7.43. The molecule has 0 bridgehead atoms. The van der Waals surface area contributed by atoms with Gasteiger partial charge in [-0.25, -0.2) is 4.79 Å². The van der Waals surface area contributed by atoms with Crippen molar-refractivity contribution in [1.29, 1.82) is 0 Å². The lowest BCUT2D eigenvalue weighted by Crippen LogP contribution is -2.17. The minimum absolute atomic E-state index is 0.123. The van der Waals surface area contributed by atoms with E-state index in [0.29, 0.717) is 40.5 Å². The fraction of sp³-hybridized carbons (Fsp3) is 0.391. The van der Waals surface area contributed by atoms with Crippen LogP contribution in [0.2, 0.25) is 0 Å². The number of esters is 1. The van der Waals surface area contributed by atoms with Crippen molar-refractivity contribution in [2.75, 3.05) is 17.7 Å². The van der Waals surface area contributed by atoms with E-state index >= 15 is 0 Å². The third-order valence-electron chi connectivity index (χ3n) is 5.26. The highest BCUT2D eigenvalue weighted by molar-refractivity contribution is 7.99. The second kappa shape index (κ2) is 10.8. The number of aromatic nitrogens is 3. The minimum atomic E-state index is -0.367. The van der Waals surface area contributed by atoms with Gasteiger partial charge in [-0.15, -0.1) is 28.1 Å². The van der Waals surface area contributed by atoms with Crippen LogP contribution in [0.3, 0.4) is 0 Å². The molecular formula is C23H26N4O4S2. The van der Waals surface area contributed by atoms with Crippen molar-refractivity contribution in [1.82, 2.24) is 14.8 Å². The third kappa shape index (κ3) is 5.22. The topological polar surface area (TPSA) is 99.2 Å². The predicted octanol–water partition coefficient (Wildman–Crippen LogP) is 4.96. The average molecular weight is 487 g/mol. The van der Waals surface area contributed by atoms with Crippen LogP contribution in [-0.4, -0.2) is 39.0 Å². The van der Waals surface area contributed by atoms with Gasteiger partial charge in [0.05, 0.1) is 24.2 Å². The molecule has 33 heavy (non-hydrogen) atoms. The number of amides is 1. The van der Waals surface area contributed by atoms with Crippen molar-refractivity contribution in [3.63, 3.8) is 0 Å². The molecule has 10 heteroatoms. The van der Waals surface area contributed by atoms with Crippen molar-refractivity contribution in [2.24, 2.45) is 0 Å². The van der Waals surface area contributed by atoms with Gasteiger partial charge >= 0.3 is 5.97 Å². The molecular weight excluding hydrogens is 460 g/mol. The van der Waals surface area contributed by atoms with Crippen LogP contribution in [0.1, 0.15) is 47.0 Å². The van der Waals surface area contributed by atoms with Crippen LogP contribution in [0.25, 0.3) is 11.6 Å². The Kier molecular flexibility index (Phi) is 7.66. The highest BCUT2D eigenvalue weighted by atomic mass is 32.2. The number of carbonyl (C=O) groups excluding carboxylic acids is 2. The minimum Gasteiger partial charge on any atom is -0.462 e. The number of ether oxygens (including phenoxy) is 1. The smallest absolute Gasteiger partial charge is 0.341 e. The maximum absolute atomic E-state index is 12.8. The van der Waals surface area contributed by atoms with Crippen molar-refractivity contribution >= 4 is 40.0 Å².